The van der Waals surface area contributed by atoms with Crippen LogP contribution in [0, 0.1) is 6.92 Å². The van der Waals surface area contributed by atoms with Crippen LogP contribution in [0.4, 0.5) is 5.69 Å². The molecule has 0 atom stereocenters. The van der Waals surface area contributed by atoms with Crippen molar-refractivity contribution in [2.45, 2.75) is 31.1 Å². The lowest BCUT2D eigenvalue weighted by atomic mass is 10.2. The van der Waals surface area contributed by atoms with Gasteiger partial charge < -0.3 is 10.1 Å². The smallest absolute Gasteiger partial charge is 0.338 e. The quantitative estimate of drug-likeness (QED) is 0.731. The molecule has 2 aromatic carbocycles. The van der Waals surface area contributed by atoms with Crippen LogP contribution in [-0.4, -0.2) is 44.3 Å². The predicted octanol–water partition coefficient (Wildman–Crippen LogP) is 2.97. The second-order valence-electron chi connectivity index (χ2n) is 6.93. The van der Waals surface area contributed by atoms with Gasteiger partial charge in [-0.25, -0.2) is 13.2 Å². The van der Waals surface area contributed by atoms with Crippen LogP contribution in [0.25, 0.3) is 0 Å². The molecule has 1 aliphatic heterocycles. The molecule has 3 rings (SSSR count). The van der Waals surface area contributed by atoms with Crippen molar-refractivity contribution in [1.82, 2.24) is 4.31 Å². The summed E-state index contributed by atoms with van der Waals surface area (Å²) in [6.45, 7) is 2.46. The molecule has 0 saturated carbocycles. The summed E-state index contributed by atoms with van der Waals surface area (Å²) in [5.74, 6) is -1.14. The lowest BCUT2D eigenvalue weighted by molar-refractivity contribution is -0.119. The minimum atomic E-state index is -3.55. The normalized spacial score (nSPS) is 14.9. The largest absolute Gasteiger partial charge is 0.452 e. The van der Waals surface area contributed by atoms with Gasteiger partial charge in [-0.3, -0.25) is 4.79 Å². The zero-order valence-electron chi connectivity index (χ0n) is 16.3. The molecule has 1 aliphatic rings. The first-order valence-electron chi connectivity index (χ1n) is 9.51. The minimum absolute atomic E-state index is 0.147. The van der Waals surface area contributed by atoms with Crippen LogP contribution < -0.4 is 5.32 Å². The molecule has 0 unspecified atom stereocenters. The maximum Gasteiger partial charge on any atom is 0.338 e. The Morgan fingerprint density at radius 3 is 2.31 bits per heavy atom. The Hall–Kier alpha value is -2.71. The monoisotopic (exact) mass is 416 g/mol. The molecule has 1 fully saturated rings. The van der Waals surface area contributed by atoms with Gasteiger partial charge in [0.2, 0.25) is 10.0 Å². The van der Waals surface area contributed by atoms with Crippen LogP contribution in [0.15, 0.2) is 53.4 Å². The first-order valence-corrected chi connectivity index (χ1v) is 10.9. The molecule has 1 heterocycles. The predicted molar refractivity (Wildman–Crippen MR) is 109 cm³/mol. The third kappa shape index (κ3) is 5.21. The number of carbonyl (C=O) groups is 2. The van der Waals surface area contributed by atoms with Crippen molar-refractivity contribution in [2.75, 3.05) is 25.0 Å². The van der Waals surface area contributed by atoms with E-state index in [9.17, 15) is 18.0 Å². The van der Waals surface area contributed by atoms with Crippen molar-refractivity contribution < 1.29 is 22.7 Å². The fourth-order valence-corrected chi connectivity index (χ4v) is 4.65. The van der Waals surface area contributed by atoms with E-state index in [1.54, 1.807) is 12.1 Å². The number of para-hydroxylation sites is 1. The average molecular weight is 416 g/mol. The Balaban J connectivity index is 1.57. The standard InChI is InChI=1S/C21H24N2O5S/c1-16-7-3-4-8-19(16)22-20(24)15-28-21(25)17-9-11-18(12-10-17)29(26,27)23-13-5-2-6-14-23/h3-4,7-12H,2,5-6,13-15H2,1H3,(H,22,24). The zero-order chi connectivity index (χ0) is 20.9. The number of rotatable bonds is 6. The summed E-state index contributed by atoms with van der Waals surface area (Å²) in [4.78, 5) is 24.3. The molecular formula is C21H24N2O5S. The fraction of sp³-hybridized carbons (Fsp3) is 0.333. The van der Waals surface area contributed by atoms with E-state index < -0.39 is 28.5 Å². The highest BCUT2D eigenvalue weighted by atomic mass is 32.2. The van der Waals surface area contributed by atoms with Crippen LogP contribution in [0.3, 0.4) is 0 Å². The Kier molecular flexibility index (Phi) is 6.66. The number of nitrogens with zero attached hydrogens (tertiary/aromatic N) is 1. The van der Waals surface area contributed by atoms with E-state index in [4.69, 9.17) is 4.74 Å². The number of esters is 1. The van der Waals surface area contributed by atoms with Crippen LogP contribution in [0.5, 0.6) is 0 Å². The second-order valence-corrected chi connectivity index (χ2v) is 8.87. The number of hydrogen-bond donors (Lipinski definition) is 1. The molecule has 1 N–H and O–H groups in total. The number of ether oxygens (including phenoxy) is 1. The van der Waals surface area contributed by atoms with Crippen molar-refractivity contribution >= 4 is 27.6 Å². The van der Waals surface area contributed by atoms with Gasteiger partial charge in [0.05, 0.1) is 10.5 Å². The molecule has 0 bridgehead atoms. The van der Waals surface area contributed by atoms with Crippen molar-refractivity contribution in [2.24, 2.45) is 0 Å². The first kappa shape index (κ1) is 21.0. The summed E-state index contributed by atoms with van der Waals surface area (Å²) in [6.07, 6.45) is 2.75. The van der Waals surface area contributed by atoms with Crippen molar-refractivity contribution in [3.63, 3.8) is 0 Å². The van der Waals surface area contributed by atoms with Crippen molar-refractivity contribution in [1.29, 1.82) is 0 Å². The molecule has 8 heteroatoms. The summed E-state index contributed by atoms with van der Waals surface area (Å²) < 4.78 is 31.8. The molecular weight excluding hydrogens is 392 g/mol. The number of benzene rings is 2. The topological polar surface area (TPSA) is 92.8 Å². The van der Waals surface area contributed by atoms with Crippen LogP contribution in [0.2, 0.25) is 0 Å². The zero-order valence-corrected chi connectivity index (χ0v) is 17.1. The molecule has 1 saturated heterocycles. The van der Waals surface area contributed by atoms with E-state index >= 15 is 0 Å². The molecule has 154 valence electrons. The van der Waals surface area contributed by atoms with E-state index in [1.807, 2.05) is 19.1 Å². The Morgan fingerprint density at radius 2 is 1.66 bits per heavy atom. The Labute approximate surface area is 170 Å². The number of carbonyl (C=O) groups excluding carboxylic acids is 2. The number of amides is 1. The lowest BCUT2D eigenvalue weighted by Crippen LogP contribution is -2.35. The average Bonchev–Trinajstić information content (AvgIpc) is 2.74. The molecule has 0 aromatic heterocycles. The molecule has 2 aromatic rings. The van der Waals surface area contributed by atoms with Gasteiger partial charge in [-0.05, 0) is 55.7 Å². The molecule has 29 heavy (non-hydrogen) atoms. The van der Waals surface area contributed by atoms with E-state index in [2.05, 4.69) is 5.32 Å². The van der Waals surface area contributed by atoms with Gasteiger partial charge in [-0.1, -0.05) is 24.6 Å². The summed E-state index contributed by atoms with van der Waals surface area (Å²) in [6, 6.07) is 12.9. The number of sulfonamides is 1. The van der Waals surface area contributed by atoms with Crippen LogP contribution >= 0.6 is 0 Å². The van der Waals surface area contributed by atoms with Gasteiger partial charge in [-0.2, -0.15) is 4.31 Å². The van der Waals surface area contributed by atoms with Crippen LogP contribution in [-0.2, 0) is 19.6 Å². The Bertz CT molecular complexity index is 980. The van der Waals surface area contributed by atoms with Crippen molar-refractivity contribution in [3.8, 4) is 0 Å². The number of anilines is 1. The van der Waals surface area contributed by atoms with Gasteiger partial charge in [-0.15, -0.1) is 0 Å². The number of aryl methyl sites for hydroxylation is 1. The van der Waals surface area contributed by atoms with Gasteiger partial charge in [0.15, 0.2) is 6.61 Å². The van der Waals surface area contributed by atoms with E-state index in [1.165, 1.54) is 28.6 Å². The third-order valence-corrected chi connectivity index (χ3v) is 6.71. The van der Waals surface area contributed by atoms with Gasteiger partial charge in [0, 0.05) is 18.8 Å². The van der Waals surface area contributed by atoms with Crippen LogP contribution in [0.1, 0.15) is 35.2 Å². The van der Waals surface area contributed by atoms with E-state index in [-0.39, 0.29) is 10.5 Å². The first-order chi connectivity index (χ1) is 13.9. The molecule has 0 radical (unpaired) electrons. The van der Waals surface area contributed by atoms with Crippen molar-refractivity contribution in [3.05, 3.63) is 59.7 Å². The van der Waals surface area contributed by atoms with E-state index in [0.29, 0.717) is 18.8 Å². The highest BCUT2D eigenvalue weighted by Crippen LogP contribution is 2.21. The minimum Gasteiger partial charge on any atom is -0.452 e. The molecule has 7 nitrogen and oxygen atoms in total. The summed E-state index contributed by atoms with van der Waals surface area (Å²) >= 11 is 0. The summed E-state index contributed by atoms with van der Waals surface area (Å²) in [5.41, 5.74) is 1.74. The summed E-state index contributed by atoms with van der Waals surface area (Å²) in [5, 5.41) is 2.68. The van der Waals surface area contributed by atoms with Gasteiger partial charge >= 0.3 is 5.97 Å². The number of hydrogen-bond acceptors (Lipinski definition) is 5. The molecule has 0 aliphatic carbocycles. The highest BCUT2D eigenvalue weighted by Gasteiger charge is 2.26. The second kappa shape index (κ2) is 9.19. The molecule has 0 spiro atoms. The molecule has 1 amide bonds. The van der Waals surface area contributed by atoms with Gasteiger partial charge in [0.1, 0.15) is 0 Å². The highest BCUT2D eigenvalue weighted by molar-refractivity contribution is 7.89. The lowest BCUT2D eigenvalue weighted by Gasteiger charge is -2.25. The SMILES string of the molecule is Cc1ccccc1NC(=O)COC(=O)c1ccc(S(=O)(=O)N2CCCCC2)cc1. The maximum absolute atomic E-state index is 12.6. The fourth-order valence-electron chi connectivity index (χ4n) is 3.13. The van der Waals surface area contributed by atoms with E-state index in [0.717, 1.165) is 24.8 Å². The number of nitrogens with one attached hydrogen (secondary N) is 1. The van der Waals surface area contributed by atoms with Gasteiger partial charge in [0.25, 0.3) is 5.91 Å². The summed E-state index contributed by atoms with van der Waals surface area (Å²) in [7, 11) is -3.55. The third-order valence-electron chi connectivity index (χ3n) is 4.80. The Morgan fingerprint density at radius 1 is 1.00 bits per heavy atom. The number of piperidine rings is 1. The maximum atomic E-state index is 12.6.